The van der Waals surface area contributed by atoms with Crippen LogP contribution in [0.2, 0.25) is 0 Å². The highest BCUT2D eigenvalue weighted by Gasteiger charge is 2.46. The van der Waals surface area contributed by atoms with Crippen LogP contribution in [-0.4, -0.2) is 21.5 Å². The maximum Gasteiger partial charge on any atom is 0.537 e. The van der Waals surface area contributed by atoms with Crippen LogP contribution in [0.1, 0.15) is 26.3 Å². The first-order valence-electron chi connectivity index (χ1n) is 7.44. The summed E-state index contributed by atoms with van der Waals surface area (Å²) < 4.78 is 18.3. The molecule has 4 heteroatoms. The molecule has 0 saturated heterocycles. The molecule has 0 spiro atoms. The van der Waals surface area contributed by atoms with Crippen molar-refractivity contribution in [2.45, 2.75) is 33.0 Å². The third-order valence-electron chi connectivity index (χ3n) is 3.11. The van der Waals surface area contributed by atoms with Gasteiger partial charge in [0.05, 0.1) is 12.2 Å². The molecule has 2 aromatic carbocycles. The lowest BCUT2D eigenvalue weighted by atomic mass is 10.2. The second kappa shape index (κ2) is 7.20. The molecule has 0 radical (unpaired) electrons. The predicted molar refractivity (Wildman–Crippen MR) is 90.9 cm³/mol. The Labute approximate surface area is 134 Å². The van der Waals surface area contributed by atoms with E-state index in [-0.39, 0.29) is 5.60 Å². The molecule has 118 valence electrons. The Kier molecular flexibility index (Phi) is 5.53. The molecule has 0 aliphatic rings. The summed E-state index contributed by atoms with van der Waals surface area (Å²) in [4.78, 5) is 0. The van der Waals surface area contributed by atoms with Gasteiger partial charge in [-0.2, -0.15) is 0 Å². The summed E-state index contributed by atoms with van der Waals surface area (Å²) in [5, 5.41) is 0.975. The summed E-state index contributed by atoms with van der Waals surface area (Å²) in [7, 11) is -1.30. The van der Waals surface area contributed by atoms with Gasteiger partial charge in [-0.1, -0.05) is 60.7 Å². The lowest BCUT2D eigenvalue weighted by Crippen LogP contribution is -2.59. The van der Waals surface area contributed by atoms with Gasteiger partial charge in [-0.25, -0.2) is 0 Å². The number of hydrogen-bond donors (Lipinski definition) is 0. The molecule has 1 atom stereocenters. The van der Waals surface area contributed by atoms with Crippen molar-refractivity contribution < 1.29 is 13.3 Å². The van der Waals surface area contributed by atoms with E-state index in [0.717, 1.165) is 10.8 Å². The highest BCUT2D eigenvalue weighted by Crippen LogP contribution is 2.20. The van der Waals surface area contributed by atoms with Crippen LogP contribution in [0.15, 0.2) is 60.7 Å². The van der Waals surface area contributed by atoms with Crippen molar-refractivity contribution in [3.05, 3.63) is 66.2 Å². The molecule has 22 heavy (non-hydrogen) atoms. The normalized spacial score (nSPS) is 14.5. The zero-order valence-corrected chi connectivity index (χ0v) is 14.7. The Bertz CT molecular complexity index is 566. The minimum atomic E-state index is -2.96. The maximum atomic E-state index is 6.28. The molecule has 2 aromatic rings. The van der Waals surface area contributed by atoms with E-state index in [9.17, 15) is 0 Å². The van der Waals surface area contributed by atoms with E-state index in [2.05, 4.69) is 0 Å². The van der Waals surface area contributed by atoms with Crippen LogP contribution < -0.4 is 5.19 Å². The Morgan fingerprint density at radius 2 is 1.41 bits per heavy atom. The molecule has 2 rings (SSSR count). The van der Waals surface area contributed by atoms with Gasteiger partial charge in [0.1, 0.15) is 0 Å². The van der Waals surface area contributed by atoms with Crippen molar-refractivity contribution in [1.82, 2.24) is 0 Å². The van der Waals surface area contributed by atoms with Gasteiger partial charge < -0.3 is 13.3 Å². The van der Waals surface area contributed by atoms with Crippen molar-refractivity contribution in [3.8, 4) is 0 Å². The van der Waals surface area contributed by atoms with Crippen LogP contribution >= 0.6 is 0 Å². The predicted octanol–water partition coefficient (Wildman–Crippen LogP) is 3.51. The lowest BCUT2D eigenvalue weighted by Gasteiger charge is -2.34. The SMILES string of the molecule is CO[Si](OCc1ccccc1)(OC(C)(C)C)c1ccccc1. The van der Waals surface area contributed by atoms with Crippen molar-refractivity contribution in [1.29, 1.82) is 0 Å². The molecule has 0 heterocycles. The van der Waals surface area contributed by atoms with Gasteiger partial charge in [-0.05, 0) is 26.3 Å². The molecule has 3 nitrogen and oxygen atoms in total. The van der Waals surface area contributed by atoms with Crippen LogP contribution in [-0.2, 0) is 19.9 Å². The standard InChI is InChI=1S/C18H24O3Si/c1-18(2,3)21-22(19-4,17-13-9-6-10-14-17)20-15-16-11-7-5-8-12-16/h5-14H,15H2,1-4H3. The van der Waals surface area contributed by atoms with Gasteiger partial charge in [-0.3, -0.25) is 0 Å². The zero-order chi connectivity index (χ0) is 16.1. The van der Waals surface area contributed by atoms with Gasteiger partial charge in [0.2, 0.25) is 0 Å². The monoisotopic (exact) mass is 316 g/mol. The highest BCUT2D eigenvalue weighted by atomic mass is 28.4. The van der Waals surface area contributed by atoms with Gasteiger partial charge in [0, 0.05) is 12.3 Å². The van der Waals surface area contributed by atoms with Crippen molar-refractivity contribution in [2.24, 2.45) is 0 Å². The van der Waals surface area contributed by atoms with E-state index in [1.165, 1.54) is 0 Å². The third-order valence-corrected chi connectivity index (χ3v) is 6.09. The topological polar surface area (TPSA) is 27.7 Å². The van der Waals surface area contributed by atoms with E-state index in [1.54, 1.807) is 7.11 Å². The Morgan fingerprint density at radius 1 is 0.864 bits per heavy atom. The van der Waals surface area contributed by atoms with Crippen molar-refractivity contribution in [3.63, 3.8) is 0 Å². The molecule has 0 aromatic heterocycles. The van der Waals surface area contributed by atoms with Gasteiger partial charge in [0.15, 0.2) is 0 Å². The van der Waals surface area contributed by atoms with E-state index < -0.39 is 8.80 Å². The molecule has 0 fully saturated rings. The molecular weight excluding hydrogens is 292 g/mol. The Balaban J connectivity index is 2.28. The van der Waals surface area contributed by atoms with Crippen LogP contribution in [0.5, 0.6) is 0 Å². The Morgan fingerprint density at radius 3 is 1.91 bits per heavy atom. The van der Waals surface area contributed by atoms with Crippen LogP contribution in [0.3, 0.4) is 0 Å². The second-order valence-electron chi connectivity index (χ2n) is 6.12. The number of benzene rings is 2. The Hall–Kier alpha value is -1.46. The first-order chi connectivity index (χ1) is 10.5. The van der Waals surface area contributed by atoms with Crippen molar-refractivity contribution in [2.75, 3.05) is 7.11 Å². The summed E-state index contributed by atoms with van der Waals surface area (Å²) in [6, 6.07) is 20.0. The average molecular weight is 316 g/mol. The van der Waals surface area contributed by atoms with E-state index in [1.807, 2.05) is 81.4 Å². The second-order valence-corrected chi connectivity index (χ2v) is 8.71. The minimum Gasteiger partial charge on any atom is -0.373 e. The molecule has 0 aliphatic carbocycles. The van der Waals surface area contributed by atoms with Crippen LogP contribution in [0.4, 0.5) is 0 Å². The summed E-state index contributed by atoms with van der Waals surface area (Å²) in [6.45, 7) is 6.51. The largest absolute Gasteiger partial charge is 0.537 e. The first kappa shape index (κ1) is 16.9. The fraction of sp³-hybridized carbons (Fsp3) is 0.333. The van der Waals surface area contributed by atoms with E-state index >= 15 is 0 Å². The maximum absolute atomic E-state index is 6.28. The molecule has 0 saturated carbocycles. The minimum absolute atomic E-state index is 0.352. The summed E-state index contributed by atoms with van der Waals surface area (Å²) in [6.07, 6.45) is 0. The smallest absolute Gasteiger partial charge is 0.373 e. The molecule has 0 bridgehead atoms. The van der Waals surface area contributed by atoms with Gasteiger partial charge in [0.25, 0.3) is 0 Å². The average Bonchev–Trinajstić information content (AvgIpc) is 2.52. The molecule has 0 amide bonds. The van der Waals surface area contributed by atoms with Gasteiger partial charge in [-0.15, -0.1) is 0 Å². The quantitative estimate of drug-likeness (QED) is 0.763. The van der Waals surface area contributed by atoms with E-state index in [4.69, 9.17) is 13.3 Å². The highest BCUT2D eigenvalue weighted by molar-refractivity contribution is 6.75. The molecule has 1 unspecified atom stereocenters. The fourth-order valence-corrected chi connectivity index (χ4v) is 4.73. The van der Waals surface area contributed by atoms with Gasteiger partial charge >= 0.3 is 8.80 Å². The van der Waals surface area contributed by atoms with Crippen molar-refractivity contribution >= 4 is 14.0 Å². The summed E-state index contributed by atoms with van der Waals surface area (Å²) in [5.41, 5.74) is 0.749. The van der Waals surface area contributed by atoms with Crippen LogP contribution in [0, 0.1) is 0 Å². The lowest BCUT2D eigenvalue weighted by molar-refractivity contribution is 0.0128. The zero-order valence-electron chi connectivity index (χ0n) is 13.7. The number of hydrogen-bond acceptors (Lipinski definition) is 3. The molecule has 0 aliphatic heterocycles. The number of rotatable bonds is 6. The molecule has 0 N–H and O–H groups in total. The molecular formula is C18H24O3Si. The fourth-order valence-electron chi connectivity index (χ4n) is 2.19. The summed E-state index contributed by atoms with van der Waals surface area (Å²) >= 11 is 0. The van der Waals surface area contributed by atoms with Crippen LogP contribution in [0.25, 0.3) is 0 Å². The first-order valence-corrected chi connectivity index (χ1v) is 9.16. The third kappa shape index (κ3) is 4.51. The summed E-state index contributed by atoms with van der Waals surface area (Å²) in [5.74, 6) is 0. The van der Waals surface area contributed by atoms with E-state index in [0.29, 0.717) is 6.61 Å².